The molecule has 0 aliphatic carbocycles. The van der Waals surface area contributed by atoms with Crippen LogP contribution < -0.4 is 10.1 Å². The van der Waals surface area contributed by atoms with Crippen molar-refractivity contribution in [2.45, 2.75) is 29.9 Å². The zero-order chi connectivity index (χ0) is 20.3. The second kappa shape index (κ2) is 7.99. The van der Waals surface area contributed by atoms with Crippen molar-refractivity contribution in [3.05, 3.63) is 60.2 Å². The van der Waals surface area contributed by atoms with Crippen LogP contribution in [0.15, 0.2) is 59.5 Å². The van der Waals surface area contributed by atoms with Gasteiger partial charge in [-0.2, -0.15) is 4.31 Å². The standard InChI is InChI=1S/C19H20N2O6S/c1-27-14-7-9-15(10-8-14)28(25,26)21-16(19(23)24)12-18(22)20-17(21)11-13-5-3-2-4-6-13/h2-10,16-17H,11-12H2,1H3,(H,20,22)(H,23,24)/t16-,17?/m1/s1. The van der Waals surface area contributed by atoms with Crippen molar-refractivity contribution in [1.29, 1.82) is 0 Å². The Labute approximate surface area is 162 Å². The number of carboxylic acids is 1. The van der Waals surface area contributed by atoms with Crippen LogP contribution in [-0.2, 0) is 26.0 Å². The van der Waals surface area contributed by atoms with Crippen molar-refractivity contribution in [2.24, 2.45) is 0 Å². The Hall–Kier alpha value is -2.91. The lowest BCUT2D eigenvalue weighted by atomic mass is 10.1. The van der Waals surface area contributed by atoms with Crippen LogP contribution in [0.25, 0.3) is 0 Å². The van der Waals surface area contributed by atoms with Crippen molar-refractivity contribution in [3.63, 3.8) is 0 Å². The predicted octanol–water partition coefficient (Wildman–Crippen LogP) is 1.23. The number of nitrogens with zero attached hydrogens (tertiary/aromatic N) is 1. The third-order valence-corrected chi connectivity index (χ3v) is 6.44. The van der Waals surface area contributed by atoms with E-state index < -0.39 is 40.5 Å². The molecule has 148 valence electrons. The van der Waals surface area contributed by atoms with Crippen LogP contribution in [0.3, 0.4) is 0 Å². The van der Waals surface area contributed by atoms with Crippen molar-refractivity contribution < 1.29 is 27.9 Å². The van der Waals surface area contributed by atoms with Crippen molar-refractivity contribution in [3.8, 4) is 5.75 Å². The maximum Gasteiger partial charge on any atom is 0.322 e. The maximum absolute atomic E-state index is 13.3. The SMILES string of the molecule is COc1ccc(S(=O)(=O)N2C(Cc3ccccc3)NC(=O)C[C@@H]2C(=O)O)cc1. The minimum atomic E-state index is -4.19. The largest absolute Gasteiger partial charge is 0.497 e. The molecule has 2 aromatic rings. The third-order valence-electron chi connectivity index (χ3n) is 4.51. The average Bonchev–Trinajstić information content (AvgIpc) is 2.68. The van der Waals surface area contributed by atoms with Gasteiger partial charge in [0, 0.05) is 6.42 Å². The van der Waals surface area contributed by atoms with Crippen LogP contribution in [0, 0.1) is 0 Å². The van der Waals surface area contributed by atoms with Crippen molar-refractivity contribution >= 4 is 21.9 Å². The van der Waals surface area contributed by atoms with Gasteiger partial charge in [0.15, 0.2) is 0 Å². The Morgan fingerprint density at radius 1 is 1.18 bits per heavy atom. The van der Waals surface area contributed by atoms with E-state index in [1.165, 1.54) is 31.4 Å². The normalized spacial score (nSPS) is 20.4. The van der Waals surface area contributed by atoms with E-state index in [2.05, 4.69) is 5.32 Å². The van der Waals surface area contributed by atoms with E-state index >= 15 is 0 Å². The lowest BCUT2D eigenvalue weighted by molar-refractivity contribution is -0.147. The number of carbonyl (C=O) groups is 2. The molecule has 0 saturated carbocycles. The number of benzene rings is 2. The zero-order valence-electron chi connectivity index (χ0n) is 15.1. The van der Waals surface area contributed by atoms with Gasteiger partial charge in [0.2, 0.25) is 15.9 Å². The minimum Gasteiger partial charge on any atom is -0.497 e. The highest BCUT2D eigenvalue weighted by atomic mass is 32.2. The van der Waals surface area contributed by atoms with Crippen LogP contribution in [0.2, 0.25) is 0 Å². The molecular formula is C19H20N2O6S. The molecule has 2 atom stereocenters. The van der Waals surface area contributed by atoms with Crippen LogP contribution >= 0.6 is 0 Å². The van der Waals surface area contributed by atoms with E-state index in [4.69, 9.17) is 4.74 Å². The fraction of sp³-hybridized carbons (Fsp3) is 0.263. The van der Waals surface area contributed by atoms with Gasteiger partial charge in [0.1, 0.15) is 18.0 Å². The summed E-state index contributed by atoms with van der Waals surface area (Å²) in [6, 6.07) is 13.1. The number of hydrogen-bond acceptors (Lipinski definition) is 5. The smallest absolute Gasteiger partial charge is 0.322 e. The molecule has 1 saturated heterocycles. The van der Waals surface area contributed by atoms with E-state index in [-0.39, 0.29) is 11.3 Å². The molecule has 1 unspecified atom stereocenters. The molecule has 0 radical (unpaired) electrons. The summed E-state index contributed by atoms with van der Waals surface area (Å²) in [7, 11) is -2.73. The molecule has 2 N–H and O–H groups in total. The van der Waals surface area contributed by atoms with Gasteiger partial charge in [0.05, 0.1) is 18.4 Å². The van der Waals surface area contributed by atoms with Gasteiger partial charge in [-0.05, 0) is 29.8 Å². The lowest BCUT2D eigenvalue weighted by Crippen LogP contribution is -2.63. The van der Waals surface area contributed by atoms with Gasteiger partial charge < -0.3 is 15.2 Å². The molecule has 28 heavy (non-hydrogen) atoms. The monoisotopic (exact) mass is 404 g/mol. The molecule has 1 fully saturated rings. The maximum atomic E-state index is 13.3. The van der Waals surface area contributed by atoms with Crippen LogP contribution in [0.4, 0.5) is 0 Å². The highest BCUT2D eigenvalue weighted by molar-refractivity contribution is 7.89. The van der Waals surface area contributed by atoms with Crippen LogP contribution in [0.1, 0.15) is 12.0 Å². The number of carboxylic acid groups (broad SMARTS) is 1. The fourth-order valence-corrected chi connectivity index (χ4v) is 4.86. The number of ether oxygens (including phenoxy) is 1. The third kappa shape index (κ3) is 4.00. The van der Waals surface area contributed by atoms with Gasteiger partial charge in [-0.25, -0.2) is 8.42 Å². The van der Waals surface area contributed by atoms with Gasteiger partial charge in [-0.3, -0.25) is 9.59 Å². The second-order valence-corrected chi connectivity index (χ2v) is 8.18. The quantitative estimate of drug-likeness (QED) is 0.749. The first-order valence-corrected chi connectivity index (χ1v) is 10.0. The highest BCUT2D eigenvalue weighted by Crippen LogP contribution is 2.27. The highest BCUT2D eigenvalue weighted by Gasteiger charge is 2.46. The van der Waals surface area contributed by atoms with Gasteiger partial charge in [-0.15, -0.1) is 0 Å². The Bertz CT molecular complexity index is 960. The molecule has 1 heterocycles. The predicted molar refractivity (Wildman–Crippen MR) is 100 cm³/mol. The molecule has 1 amide bonds. The van der Waals surface area contributed by atoms with E-state index in [0.29, 0.717) is 5.75 Å². The van der Waals surface area contributed by atoms with E-state index in [0.717, 1.165) is 9.87 Å². The summed E-state index contributed by atoms with van der Waals surface area (Å²) in [6.07, 6.45) is -1.32. The molecule has 0 spiro atoms. The summed E-state index contributed by atoms with van der Waals surface area (Å²) in [6.45, 7) is 0. The molecule has 0 aromatic heterocycles. The number of methoxy groups -OCH3 is 1. The minimum absolute atomic E-state index is 0.0752. The van der Waals surface area contributed by atoms with E-state index in [9.17, 15) is 23.1 Å². The zero-order valence-corrected chi connectivity index (χ0v) is 15.9. The summed E-state index contributed by atoms with van der Waals surface area (Å²) in [5.74, 6) is -1.40. The summed E-state index contributed by atoms with van der Waals surface area (Å²) < 4.78 is 32.5. The second-order valence-electron chi connectivity index (χ2n) is 6.34. The molecular weight excluding hydrogens is 384 g/mol. The molecule has 1 aliphatic heterocycles. The Morgan fingerprint density at radius 3 is 2.39 bits per heavy atom. The molecule has 0 bridgehead atoms. The number of aliphatic carboxylic acids is 1. The fourth-order valence-electron chi connectivity index (χ4n) is 3.17. The van der Waals surface area contributed by atoms with Crippen LogP contribution in [-0.4, -0.2) is 49.0 Å². The molecule has 1 aliphatic rings. The van der Waals surface area contributed by atoms with Gasteiger partial charge in [-0.1, -0.05) is 30.3 Å². The van der Waals surface area contributed by atoms with Gasteiger partial charge >= 0.3 is 5.97 Å². The summed E-state index contributed by atoms with van der Waals surface area (Å²) >= 11 is 0. The Morgan fingerprint density at radius 2 is 1.82 bits per heavy atom. The van der Waals surface area contributed by atoms with E-state index in [1.54, 1.807) is 24.3 Å². The van der Waals surface area contributed by atoms with E-state index in [1.807, 2.05) is 6.07 Å². The Balaban J connectivity index is 2.03. The number of amides is 1. The number of sulfonamides is 1. The topological polar surface area (TPSA) is 113 Å². The van der Waals surface area contributed by atoms with Gasteiger partial charge in [0.25, 0.3) is 0 Å². The number of hydrogen-bond donors (Lipinski definition) is 2. The first kappa shape index (κ1) is 19.8. The first-order valence-electron chi connectivity index (χ1n) is 8.56. The Kier molecular flexibility index (Phi) is 5.66. The summed E-state index contributed by atoms with van der Waals surface area (Å²) in [5, 5.41) is 12.2. The first-order chi connectivity index (χ1) is 13.3. The average molecular weight is 404 g/mol. The van der Waals surface area contributed by atoms with Crippen molar-refractivity contribution in [1.82, 2.24) is 9.62 Å². The number of nitrogens with one attached hydrogen (secondary N) is 1. The molecule has 8 nitrogen and oxygen atoms in total. The van der Waals surface area contributed by atoms with Crippen molar-refractivity contribution in [2.75, 3.05) is 7.11 Å². The number of carbonyl (C=O) groups excluding carboxylic acids is 1. The summed E-state index contributed by atoms with van der Waals surface area (Å²) in [5.41, 5.74) is 0.772. The number of rotatable bonds is 6. The van der Waals surface area contributed by atoms with Crippen LogP contribution in [0.5, 0.6) is 5.75 Å². The molecule has 2 aromatic carbocycles. The molecule has 3 rings (SSSR count). The lowest BCUT2D eigenvalue weighted by Gasteiger charge is -2.39. The summed E-state index contributed by atoms with van der Waals surface area (Å²) in [4.78, 5) is 23.8. The molecule has 9 heteroatoms.